The van der Waals surface area contributed by atoms with Crippen LogP contribution in [-0.4, -0.2) is 30.1 Å². The van der Waals surface area contributed by atoms with Crippen LogP contribution in [0.2, 0.25) is 0 Å². The Bertz CT molecular complexity index is 472. The number of rotatable bonds is 2. The lowest BCUT2D eigenvalue weighted by Crippen LogP contribution is -2.52. The minimum atomic E-state index is -1.11. The van der Waals surface area contributed by atoms with Crippen LogP contribution in [-0.2, 0) is 6.54 Å². The molecule has 0 unspecified atom stereocenters. The summed E-state index contributed by atoms with van der Waals surface area (Å²) in [6, 6.07) is 1.67. The summed E-state index contributed by atoms with van der Waals surface area (Å²) in [4.78, 5) is 2.06. The predicted molar refractivity (Wildman–Crippen MR) is 61.6 cm³/mol. The molecule has 5 heteroatoms. The third kappa shape index (κ3) is 2.24. The molecule has 1 aromatic carbocycles. The van der Waals surface area contributed by atoms with Gasteiger partial charge in [0.1, 0.15) is 5.82 Å². The SMILES string of the molecule is Fc1cc(F)c(F)c(CN2CCNC3(CC3)C2)c1. The van der Waals surface area contributed by atoms with Crippen molar-refractivity contribution in [2.24, 2.45) is 0 Å². The normalized spacial score (nSPS) is 22.4. The van der Waals surface area contributed by atoms with Crippen LogP contribution < -0.4 is 5.32 Å². The molecule has 2 aliphatic rings. The Morgan fingerprint density at radius 2 is 2.00 bits per heavy atom. The molecule has 98 valence electrons. The third-order valence-corrected chi connectivity index (χ3v) is 3.77. The van der Waals surface area contributed by atoms with Crippen LogP contribution in [0.4, 0.5) is 13.2 Å². The summed E-state index contributed by atoms with van der Waals surface area (Å²) in [5.41, 5.74) is 0.283. The summed E-state index contributed by atoms with van der Waals surface area (Å²) < 4.78 is 39.8. The van der Waals surface area contributed by atoms with Crippen molar-refractivity contribution < 1.29 is 13.2 Å². The van der Waals surface area contributed by atoms with Crippen LogP contribution in [0.3, 0.4) is 0 Å². The number of halogens is 3. The first kappa shape index (κ1) is 12.0. The van der Waals surface area contributed by atoms with Gasteiger partial charge in [0.15, 0.2) is 11.6 Å². The van der Waals surface area contributed by atoms with Crippen molar-refractivity contribution in [3.05, 3.63) is 35.1 Å². The first-order valence-corrected chi connectivity index (χ1v) is 6.19. The zero-order chi connectivity index (χ0) is 12.8. The van der Waals surface area contributed by atoms with E-state index < -0.39 is 17.5 Å². The van der Waals surface area contributed by atoms with E-state index in [1.54, 1.807) is 0 Å². The van der Waals surface area contributed by atoms with Crippen LogP contribution in [0, 0.1) is 17.5 Å². The highest BCUT2D eigenvalue weighted by atomic mass is 19.2. The molecule has 0 radical (unpaired) electrons. The lowest BCUT2D eigenvalue weighted by molar-refractivity contribution is 0.179. The van der Waals surface area contributed by atoms with E-state index in [4.69, 9.17) is 0 Å². The van der Waals surface area contributed by atoms with Gasteiger partial charge in [-0.3, -0.25) is 4.90 Å². The molecule has 1 saturated heterocycles. The van der Waals surface area contributed by atoms with Crippen LogP contribution in [0.25, 0.3) is 0 Å². The first-order chi connectivity index (χ1) is 8.58. The van der Waals surface area contributed by atoms with Gasteiger partial charge in [-0.1, -0.05) is 0 Å². The van der Waals surface area contributed by atoms with Crippen molar-refractivity contribution in [2.45, 2.75) is 24.9 Å². The van der Waals surface area contributed by atoms with Gasteiger partial charge in [-0.25, -0.2) is 13.2 Å². The summed E-state index contributed by atoms with van der Waals surface area (Å²) in [6.07, 6.45) is 2.26. The lowest BCUT2D eigenvalue weighted by Gasteiger charge is -2.34. The number of piperazine rings is 1. The Morgan fingerprint density at radius 1 is 1.22 bits per heavy atom. The summed E-state index contributed by atoms with van der Waals surface area (Å²) in [5.74, 6) is -2.76. The summed E-state index contributed by atoms with van der Waals surface area (Å²) in [7, 11) is 0. The molecule has 1 saturated carbocycles. The standard InChI is InChI=1S/C13H15F3N2/c14-10-5-9(12(16)11(15)6-10)7-18-4-3-17-13(8-18)1-2-13/h5-6,17H,1-4,7-8H2. The van der Waals surface area contributed by atoms with E-state index in [-0.39, 0.29) is 17.6 Å². The quantitative estimate of drug-likeness (QED) is 0.815. The molecule has 1 aliphatic carbocycles. The Balaban J connectivity index is 1.76. The Hall–Kier alpha value is -1.07. The van der Waals surface area contributed by atoms with E-state index in [1.807, 2.05) is 0 Å². The fourth-order valence-electron chi connectivity index (χ4n) is 2.63. The second kappa shape index (κ2) is 4.24. The van der Waals surface area contributed by atoms with Gasteiger partial charge in [0.25, 0.3) is 0 Å². The van der Waals surface area contributed by atoms with Crippen molar-refractivity contribution in [3.8, 4) is 0 Å². The second-order valence-corrected chi connectivity index (χ2v) is 5.28. The Kier molecular flexibility index (Phi) is 2.83. The smallest absolute Gasteiger partial charge is 0.163 e. The van der Waals surface area contributed by atoms with Crippen LogP contribution in [0.5, 0.6) is 0 Å². The topological polar surface area (TPSA) is 15.3 Å². The Morgan fingerprint density at radius 3 is 2.72 bits per heavy atom. The number of hydrogen-bond acceptors (Lipinski definition) is 2. The molecule has 2 fully saturated rings. The number of hydrogen-bond donors (Lipinski definition) is 1. The minimum Gasteiger partial charge on any atom is -0.309 e. The molecule has 3 rings (SSSR count). The van der Waals surface area contributed by atoms with Gasteiger partial charge in [-0.2, -0.15) is 0 Å². The average Bonchev–Trinajstić information content (AvgIpc) is 3.05. The van der Waals surface area contributed by atoms with E-state index >= 15 is 0 Å². The molecule has 1 aliphatic heterocycles. The molecule has 0 aromatic heterocycles. The molecule has 2 nitrogen and oxygen atoms in total. The van der Waals surface area contributed by atoms with Gasteiger partial charge in [0, 0.05) is 43.3 Å². The van der Waals surface area contributed by atoms with Crippen molar-refractivity contribution in [2.75, 3.05) is 19.6 Å². The third-order valence-electron chi connectivity index (χ3n) is 3.77. The van der Waals surface area contributed by atoms with Gasteiger partial charge in [0.2, 0.25) is 0 Å². The summed E-state index contributed by atoms with van der Waals surface area (Å²) >= 11 is 0. The van der Waals surface area contributed by atoms with Crippen molar-refractivity contribution >= 4 is 0 Å². The van der Waals surface area contributed by atoms with E-state index in [2.05, 4.69) is 10.2 Å². The zero-order valence-corrected chi connectivity index (χ0v) is 9.98. The molecular weight excluding hydrogens is 241 g/mol. The molecule has 0 amide bonds. The summed E-state index contributed by atoms with van der Waals surface area (Å²) in [6.45, 7) is 2.72. The molecule has 0 atom stereocenters. The lowest BCUT2D eigenvalue weighted by atomic mass is 10.1. The maximum absolute atomic E-state index is 13.6. The van der Waals surface area contributed by atoms with Gasteiger partial charge >= 0.3 is 0 Å². The number of nitrogens with zero attached hydrogens (tertiary/aromatic N) is 1. The van der Waals surface area contributed by atoms with E-state index in [0.29, 0.717) is 6.07 Å². The van der Waals surface area contributed by atoms with Crippen LogP contribution in [0.1, 0.15) is 18.4 Å². The fourth-order valence-corrected chi connectivity index (χ4v) is 2.63. The molecular formula is C13H15F3N2. The molecule has 0 bridgehead atoms. The minimum absolute atomic E-state index is 0.102. The van der Waals surface area contributed by atoms with Crippen LogP contribution in [0.15, 0.2) is 12.1 Å². The highest BCUT2D eigenvalue weighted by molar-refractivity contribution is 5.21. The Labute approximate surface area is 104 Å². The van der Waals surface area contributed by atoms with Crippen LogP contribution >= 0.6 is 0 Å². The van der Waals surface area contributed by atoms with Gasteiger partial charge in [-0.05, 0) is 18.9 Å². The van der Waals surface area contributed by atoms with E-state index in [1.165, 1.54) is 0 Å². The first-order valence-electron chi connectivity index (χ1n) is 6.19. The maximum Gasteiger partial charge on any atom is 0.163 e. The largest absolute Gasteiger partial charge is 0.309 e. The van der Waals surface area contributed by atoms with Crippen molar-refractivity contribution in [3.63, 3.8) is 0 Å². The van der Waals surface area contributed by atoms with Gasteiger partial charge in [-0.15, -0.1) is 0 Å². The van der Waals surface area contributed by atoms with Crippen molar-refractivity contribution in [1.82, 2.24) is 10.2 Å². The van der Waals surface area contributed by atoms with Gasteiger partial charge < -0.3 is 5.32 Å². The zero-order valence-electron chi connectivity index (χ0n) is 9.98. The molecule has 1 N–H and O–H groups in total. The number of nitrogens with one attached hydrogen (secondary N) is 1. The number of benzene rings is 1. The van der Waals surface area contributed by atoms with Gasteiger partial charge in [0.05, 0.1) is 0 Å². The second-order valence-electron chi connectivity index (χ2n) is 5.28. The maximum atomic E-state index is 13.6. The van der Waals surface area contributed by atoms with Crippen molar-refractivity contribution in [1.29, 1.82) is 0 Å². The summed E-state index contributed by atoms with van der Waals surface area (Å²) in [5, 5.41) is 3.44. The molecule has 1 aromatic rings. The fraction of sp³-hybridized carbons (Fsp3) is 0.538. The van der Waals surface area contributed by atoms with E-state index in [9.17, 15) is 13.2 Å². The van der Waals surface area contributed by atoms with E-state index in [0.717, 1.165) is 38.5 Å². The molecule has 1 heterocycles. The average molecular weight is 256 g/mol. The predicted octanol–water partition coefficient (Wildman–Crippen LogP) is 2.04. The molecule has 1 spiro atoms. The highest BCUT2D eigenvalue weighted by Crippen LogP contribution is 2.37. The highest BCUT2D eigenvalue weighted by Gasteiger charge is 2.45. The molecule has 18 heavy (non-hydrogen) atoms. The monoisotopic (exact) mass is 256 g/mol.